The summed E-state index contributed by atoms with van der Waals surface area (Å²) in [6, 6.07) is 17.1. The molecule has 2 aromatic carbocycles. The third-order valence-electron chi connectivity index (χ3n) is 3.72. The molecular formula is C19H15NO4. The normalized spacial score (nSPS) is 10.4. The van der Waals surface area contributed by atoms with Crippen molar-refractivity contribution in [3.8, 4) is 28.1 Å². The third kappa shape index (κ3) is 3.05. The summed E-state index contributed by atoms with van der Waals surface area (Å²) in [6.45, 7) is 0. The van der Waals surface area contributed by atoms with E-state index in [-0.39, 0.29) is 11.1 Å². The van der Waals surface area contributed by atoms with Crippen molar-refractivity contribution < 1.29 is 14.6 Å². The maximum atomic E-state index is 12.0. The van der Waals surface area contributed by atoms with Crippen molar-refractivity contribution in [2.45, 2.75) is 0 Å². The van der Waals surface area contributed by atoms with Crippen LogP contribution in [0.4, 0.5) is 0 Å². The van der Waals surface area contributed by atoms with E-state index in [0.29, 0.717) is 16.8 Å². The smallest absolute Gasteiger partial charge is 0.336 e. The average molecular weight is 321 g/mol. The van der Waals surface area contributed by atoms with E-state index in [1.165, 1.54) is 12.1 Å². The molecule has 0 atom stereocenters. The van der Waals surface area contributed by atoms with Crippen LogP contribution in [0.25, 0.3) is 22.4 Å². The van der Waals surface area contributed by atoms with Gasteiger partial charge >= 0.3 is 5.97 Å². The maximum Gasteiger partial charge on any atom is 0.336 e. The van der Waals surface area contributed by atoms with Crippen molar-refractivity contribution >= 4 is 5.97 Å². The molecule has 3 aromatic rings. The molecule has 120 valence electrons. The summed E-state index contributed by atoms with van der Waals surface area (Å²) in [4.78, 5) is 26.1. The molecule has 0 fully saturated rings. The van der Waals surface area contributed by atoms with Gasteiger partial charge in [-0.3, -0.25) is 4.79 Å². The molecule has 24 heavy (non-hydrogen) atoms. The van der Waals surface area contributed by atoms with E-state index < -0.39 is 5.97 Å². The number of hydrogen-bond donors (Lipinski definition) is 2. The molecule has 5 nitrogen and oxygen atoms in total. The Labute approximate surface area is 138 Å². The van der Waals surface area contributed by atoms with Crippen molar-refractivity contribution in [2.75, 3.05) is 7.11 Å². The van der Waals surface area contributed by atoms with Gasteiger partial charge in [0, 0.05) is 17.3 Å². The van der Waals surface area contributed by atoms with E-state index >= 15 is 0 Å². The summed E-state index contributed by atoms with van der Waals surface area (Å²) < 4.78 is 5.13. The van der Waals surface area contributed by atoms with Gasteiger partial charge in [-0.2, -0.15) is 0 Å². The molecule has 0 aliphatic heterocycles. The van der Waals surface area contributed by atoms with Crippen LogP contribution in [0.3, 0.4) is 0 Å². The van der Waals surface area contributed by atoms with Crippen LogP contribution in [-0.4, -0.2) is 23.2 Å². The summed E-state index contributed by atoms with van der Waals surface area (Å²) in [5.74, 6) is -0.318. The fourth-order valence-corrected chi connectivity index (χ4v) is 2.54. The number of ether oxygens (including phenoxy) is 1. The second-order valence-corrected chi connectivity index (χ2v) is 5.23. The van der Waals surface area contributed by atoms with E-state index in [1.807, 2.05) is 12.1 Å². The fourth-order valence-electron chi connectivity index (χ4n) is 2.54. The van der Waals surface area contributed by atoms with Crippen LogP contribution in [0.1, 0.15) is 10.4 Å². The highest BCUT2D eigenvalue weighted by molar-refractivity contribution is 5.95. The molecule has 0 saturated carbocycles. The van der Waals surface area contributed by atoms with E-state index in [1.54, 1.807) is 43.5 Å². The molecule has 3 rings (SSSR count). The minimum Gasteiger partial charge on any atom is -0.497 e. The van der Waals surface area contributed by atoms with Crippen LogP contribution in [0.2, 0.25) is 0 Å². The maximum absolute atomic E-state index is 12.0. The van der Waals surface area contributed by atoms with Crippen molar-refractivity contribution in [1.82, 2.24) is 4.98 Å². The summed E-state index contributed by atoms with van der Waals surface area (Å²) >= 11 is 0. The van der Waals surface area contributed by atoms with Crippen molar-refractivity contribution in [3.05, 3.63) is 76.6 Å². The molecule has 5 heteroatoms. The Hall–Kier alpha value is -3.34. The van der Waals surface area contributed by atoms with Crippen LogP contribution in [0.5, 0.6) is 5.75 Å². The van der Waals surface area contributed by atoms with Gasteiger partial charge in [-0.25, -0.2) is 4.79 Å². The highest BCUT2D eigenvalue weighted by atomic mass is 16.5. The molecule has 0 radical (unpaired) electrons. The van der Waals surface area contributed by atoms with Gasteiger partial charge in [0.15, 0.2) is 0 Å². The molecule has 0 saturated heterocycles. The first-order valence-corrected chi connectivity index (χ1v) is 7.30. The van der Waals surface area contributed by atoms with E-state index in [4.69, 9.17) is 4.74 Å². The number of nitrogens with one attached hydrogen (secondary N) is 1. The lowest BCUT2D eigenvalue weighted by molar-refractivity contribution is 0.0697. The monoisotopic (exact) mass is 321 g/mol. The lowest BCUT2D eigenvalue weighted by Crippen LogP contribution is -2.08. The number of H-pyrrole nitrogens is 1. The van der Waals surface area contributed by atoms with Gasteiger partial charge in [0.25, 0.3) is 0 Å². The summed E-state index contributed by atoms with van der Waals surface area (Å²) in [6.07, 6.45) is 0. The summed E-state index contributed by atoms with van der Waals surface area (Å²) in [7, 11) is 1.59. The summed E-state index contributed by atoms with van der Waals surface area (Å²) in [5.41, 5.74) is 2.33. The number of hydrogen-bond acceptors (Lipinski definition) is 3. The van der Waals surface area contributed by atoms with E-state index in [2.05, 4.69) is 4.98 Å². The van der Waals surface area contributed by atoms with Gasteiger partial charge in [-0.15, -0.1) is 0 Å². The van der Waals surface area contributed by atoms with Gasteiger partial charge in [0.1, 0.15) is 5.75 Å². The first kappa shape index (κ1) is 15.6. The zero-order valence-electron chi connectivity index (χ0n) is 12.9. The molecule has 1 heterocycles. The third-order valence-corrected chi connectivity index (χ3v) is 3.72. The standard InChI is InChI=1S/C19H15NO4/c1-24-14-8-6-12(7-9-14)13-10-17(20-18(21)11-13)15-4-2-3-5-16(15)19(22)23/h2-11H,1H3,(H,20,21)(H,22,23). The molecule has 0 aliphatic carbocycles. The van der Waals surface area contributed by atoms with Crippen LogP contribution in [0.15, 0.2) is 65.5 Å². The Morgan fingerprint density at radius 2 is 1.71 bits per heavy atom. The van der Waals surface area contributed by atoms with Crippen molar-refractivity contribution in [3.63, 3.8) is 0 Å². The molecule has 1 aromatic heterocycles. The predicted octanol–water partition coefficient (Wildman–Crippen LogP) is 3.42. The number of aromatic nitrogens is 1. The number of carbonyl (C=O) groups is 1. The number of aromatic carboxylic acids is 1. The zero-order valence-corrected chi connectivity index (χ0v) is 12.9. The largest absolute Gasteiger partial charge is 0.497 e. The number of aromatic amines is 1. The highest BCUT2D eigenvalue weighted by Gasteiger charge is 2.12. The molecule has 0 bridgehead atoms. The average Bonchev–Trinajstić information content (AvgIpc) is 2.61. The number of benzene rings is 2. The highest BCUT2D eigenvalue weighted by Crippen LogP contribution is 2.27. The van der Waals surface area contributed by atoms with Crippen molar-refractivity contribution in [2.24, 2.45) is 0 Å². The number of methoxy groups -OCH3 is 1. The Morgan fingerprint density at radius 1 is 1.00 bits per heavy atom. The molecule has 0 unspecified atom stereocenters. The number of carboxylic acids is 1. The lowest BCUT2D eigenvalue weighted by Gasteiger charge is -2.09. The number of rotatable bonds is 4. The first-order chi connectivity index (χ1) is 11.6. The fraction of sp³-hybridized carbons (Fsp3) is 0.0526. The minimum atomic E-state index is -1.04. The quantitative estimate of drug-likeness (QED) is 0.772. The Bertz CT molecular complexity index is 942. The van der Waals surface area contributed by atoms with E-state index in [9.17, 15) is 14.7 Å². The first-order valence-electron chi connectivity index (χ1n) is 7.30. The van der Waals surface area contributed by atoms with Gasteiger partial charge < -0.3 is 14.8 Å². The Balaban J connectivity index is 2.13. The molecular weight excluding hydrogens is 306 g/mol. The summed E-state index contributed by atoms with van der Waals surface area (Å²) in [5, 5.41) is 9.33. The lowest BCUT2D eigenvalue weighted by atomic mass is 10.00. The van der Waals surface area contributed by atoms with Crippen LogP contribution in [0, 0.1) is 0 Å². The second kappa shape index (κ2) is 6.42. The predicted molar refractivity (Wildman–Crippen MR) is 91.4 cm³/mol. The molecule has 0 spiro atoms. The topological polar surface area (TPSA) is 79.4 Å². The van der Waals surface area contributed by atoms with Gasteiger partial charge in [-0.1, -0.05) is 30.3 Å². The Kier molecular flexibility index (Phi) is 4.16. The SMILES string of the molecule is COc1ccc(-c2cc(-c3ccccc3C(=O)O)[nH]c(=O)c2)cc1. The number of carboxylic acid groups (broad SMARTS) is 1. The van der Waals surface area contributed by atoms with Crippen LogP contribution in [-0.2, 0) is 0 Å². The number of pyridine rings is 1. The van der Waals surface area contributed by atoms with Gasteiger partial charge in [-0.05, 0) is 35.4 Å². The van der Waals surface area contributed by atoms with Gasteiger partial charge in [0.2, 0.25) is 5.56 Å². The second-order valence-electron chi connectivity index (χ2n) is 5.23. The van der Waals surface area contributed by atoms with Crippen LogP contribution >= 0.6 is 0 Å². The Morgan fingerprint density at radius 3 is 2.38 bits per heavy atom. The zero-order chi connectivity index (χ0) is 17.1. The van der Waals surface area contributed by atoms with E-state index in [0.717, 1.165) is 11.3 Å². The molecule has 0 aliphatic rings. The van der Waals surface area contributed by atoms with Gasteiger partial charge in [0.05, 0.1) is 12.7 Å². The minimum absolute atomic E-state index is 0.139. The molecule has 0 amide bonds. The van der Waals surface area contributed by atoms with Crippen molar-refractivity contribution in [1.29, 1.82) is 0 Å². The van der Waals surface area contributed by atoms with Crippen LogP contribution < -0.4 is 10.3 Å². The molecule has 2 N–H and O–H groups in total.